The third kappa shape index (κ3) is 4.86. The van der Waals surface area contributed by atoms with Crippen LogP contribution >= 0.6 is 22.9 Å². The summed E-state index contributed by atoms with van der Waals surface area (Å²) >= 11 is 7.28. The largest absolute Gasteiger partial charge is 0.282 e. The van der Waals surface area contributed by atoms with Crippen LogP contribution in [0, 0.1) is 0 Å². The zero-order chi connectivity index (χ0) is 15.2. The monoisotopic (exact) mass is 336 g/mol. The molecule has 0 unspecified atom stereocenters. The first-order chi connectivity index (χ1) is 9.41. The molecule has 0 aliphatic heterocycles. The lowest BCUT2D eigenvalue weighted by atomic mass is 10.3. The van der Waals surface area contributed by atoms with Crippen LogP contribution < -0.4 is 0 Å². The van der Waals surface area contributed by atoms with Gasteiger partial charge in [0.2, 0.25) is 0 Å². The van der Waals surface area contributed by atoms with Crippen LogP contribution in [-0.4, -0.2) is 37.2 Å². The minimum atomic E-state index is -3.47. The molecule has 1 heterocycles. The van der Waals surface area contributed by atoms with Gasteiger partial charge in [-0.3, -0.25) is 0 Å². The Balaban J connectivity index is 2.85. The Morgan fingerprint density at radius 2 is 2.15 bits per heavy atom. The maximum absolute atomic E-state index is 12.5. The van der Waals surface area contributed by atoms with Gasteiger partial charge in [-0.15, -0.1) is 17.9 Å². The van der Waals surface area contributed by atoms with E-state index >= 15 is 0 Å². The second-order valence-corrected chi connectivity index (χ2v) is 8.30. The van der Waals surface area contributed by atoms with Gasteiger partial charge in [-0.25, -0.2) is 0 Å². The average molecular weight is 337 g/mol. The fraction of sp³-hybridized carbons (Fsp3) is 0.538. The van der Waals surface area contributed by atoms with E-state index in [1.54, 1.807) is 19.2 Å². The van der Waals surface area contributed by atoms with E-state index in [2.05, 4.69) is 6.58 Å². The van der Waals surface area contributed by atoms with E-state index in [1.807, 2.05) is 13.0 Å². The fourth-order valence-corrected chi connectivity index (χ4v) is 4.22. The van der Waals surface area contributed by atoms with Crippen LogP contribution in [0.1, 0.15) is 24.6 Å². The van der Waals surface area contributed by atoms with Gasteiger partial charge in [-0.05, 0) is 18.6 Å². The van der Waals surface area contributed by atoms with Gasteiger partial charge in [0.25, 0.3) is 10.2 Å². The van der Waals surface area contributed by atoms with Crippen molar-refractivity contribution in [2.75, 3.05) is 20.1 Å². The highest BCUT2D eigenvalue weighted by molar-refractivity contribution is 7.86. The highest BCUT2D eigenvalue weighted by Gasteiger charge is 2.26. The van der Waals surface area contributed by atoms with Gasteiger partial charge in [0.05, 0.1) is 4.34 Å². The lowest BCUT2D eigenvalue weighted by Crippen LogP contribution is -2.41. The second-order valence-electron chi connectivity index (χ2n) is 4.47. The zero-order valence-corrected chi connectivity index (χ0v) is 14.3. The van der Waals surface area contributed by atoms with Crippen LogP contribution in [0.5, 0.6) is 0 Å². The summed E-state index contributed by atoms with van der Waals surface area (Å²) in [6.07, 6.45) is 3.41. The molecule has 0 amide bonds. The molecule has 7 heteroatoms. The minimum Gasteiger partial charge on any atom is -0.195 e. The fourth-order valence-electron chi connectivity index (χ4n) is 1.69. The van der Waals surface area contributed by atoms with Crippen LogP contribution in [0.25, 0.3) is 0 Å². The summed E-state index contributed by atoms with van der Waals surface area (Å²) in [6.45, 7) is 6.81. The number of halogens is 1. The summed E-state index contributed by atoms with van der Waals surface area (Å²) < 4.78 is 28.5. The number of rotatable bonds is 9. The molecule has 0 N–H and O–H groups in total. The van der Waals surface area contributed by atoms with Gasteiger partial charge in [-0.2, -0.15) is 17.0 Å². The SMILES string of the molecule is C=CCN(Cc1ccc(Cl)s1)S(=O)(=O)N(C)CCCC. The molecule has 0 aliphatic rings. The second kappa shape index (κ2) is 8.14. The Hall–Kier alpha value is -0.400. The highest BCUT2D eigenvalue weighted by Crippen LogP contribution is 2.24. The van der Waals surface area contributed by atoms with E-state index in [0.717, 1.165) is 17.7 Å². The van der Waals surface area contributed by atoms with Gasteiger partial charge in [0.1, 0.15) is 0 Å². The van der Waals surface area contributed by atoms with Crippen LogP contribution in [0.2, 0.25) is 4.34 Å². The predicted molar refractivity (Wildman–Crippen MR) is 86.4 cm³/mol. The van der Waals surface area contributed by atoms with E-state index in [-0.39, 0.29) is 6.54 Å². The van der Waals surface area contributed by atoms with Crippen molar-refractivity contribution in [1.82, 2.24) is 8.61 Å². The Bertz CT molecular complexity index is 528. The van der Waals surface area contributed by atoms with Crippen LogP contribution in [0.3, 0.4) is 0 Å². The van der Waals surface area contributed by atoms with E-state index in [1.165, 1.54) is 19.9 Å². The third-order valence-electron chi connectivity index (χ3n) is 2.84. The molecule has 0 aliphatic carbocycles. The third-order valence-corrected chi connectivity index (χ3v) is 5.96. The lowest BCUT2D eigenvalue weighted by molar-refractivity contribution is 0.371. The van der Waals surface area contributed by atoms with Crippen molar-refractivity contribution in [3.05, 3.63) is 34.0 Å². The molecule has 0 spiro atoms. The van der Waals surface area contributed by atoms with E-state index in [4.69, 9.17) is 11.6 Å². The topological polar surface area (TPSA) is 40.6 Å². The molecule has 0 atom stereocenters. The molecule has 0 saturated carbocycles. The first kappa shape index (κ1) is 17.7. The number of hydrogen-bond donors (Lipinski definition) is 0. The van der Waals surface area contributed by atoms with E-state index in [9.17, 15) is 8.42 Å². The van der Waals surface area contributed by atoms with Gasteiger partial charge in [-0.1, -0.05) is 31.0 Å². The Morgan fingerprint density at radius 1 is 1.45 bits per heavy atom. The number of hydrogen-bond acceptors (Lipinski definition) is 3. The maximum atomic E-state index is 12.5. The number of nitrogens with zero attached hydrogens (tertiary/aromatic N) is 2. The van der Waals surface area contributed by atoms with E-state index in [0.29, 0.717) is 17.4 Å². The summed E-state index contributed by atoms with van der Waals surface area (Å²) in [4.78, 5) is 0.921. The van der Waals surface area contributed by atoms with Crippen molar-refractivity contribution < 1.29 is 8.42 Å². The minimum absolute atomic E-state index is 0.286. The number of thiophene rings is 1. The zero-order valence-electron chi connectivity index (χ0n) is 11.9. The molecule has 1 aromatic rings. The predicted octanol–water partition coefficient (Wildman–Crippen LogP) is 3.37. The molecular formula is C13H21ClN2O2S2. The first-order valence-corrected chi connectivity index (χ1v) is 9.07. The lowest BCUT2D eigenvalue weighted by Gasteiger charge is -2.26. The van der Waals surface area contributed by atoms with Gasteiger partial charge < -0.3 is 0 Å². The molecule has 20 heavy (non-hydrogen) atoms. The average Bonchev–Trinajstić information content (AvgIpc) is 2.80. The summed E-state index contributed by atoms with van der Waals surface area (Å²) in [5.74, 6) is 0. The molecule has 4 nitrogen and oxygen atoms in total. The van der Waals surface area contributed by atoms with Crippen LogP contribution in [-0.2, 0) is 16.8 Å². The molecule has 1 aromatic heterocycles. The Kier molecular flexibility index (Phi) is 7.19. The van der Waals surface area contributed by atoms with Gasteiger partial charge in [0.15, 0.2) is 0 Å². The van der Waals surface area contributed by atoms with Gasteiger partial charge in [0, 0.05) is 31.6 Å². The van der Waals surface area contributed by atoms with Gasteiger partial charge >= 0.3 is 0 Å². The number of unbranched alkanes of at least 4 members (excludes halogenated alkanes) is 1. The summed E-state index contributed by atoms with van der Waals surface area (Å²) in [7, 11) is -1.85. The molecule has 0 bridgehead atoms. The van der Waals surface area contributed by atoms with Crippen molar-refractivity contribution >= 4 is 33.1 Å². The molecule has 0 fully saturated rings. The van der Waals surface area contributed by atoms with Crippen molar-refractivity contribution in [1.29, 1.82) is 0 Å². The molecule has 0 aromatic carbocycles. The first-order valence-electron chi connectivity index (χ1n) is 6.48. The molecular weight excluding hydrogens is 316 g/mol. The van der Waals surface area contributed by atoms with Crippen molar-refractivity contribution in [3.8, 4) is 0 Å². The Morgan fingerprint density at radius 3 is 2.65 bits per heavy atom. The van der Waals surface area contributed by atoms with Crippen molar-refractivity contribution in [3.63, 3.8) is 0 Å². The van der Waals surface area contributed by atoms with Crippen LogP contribution in [0.15, 0.2) is 24.8 Å². The quantitative estimate of drug-likeness (QED) is 0.649. The summed E-state index contributed by atoms with van der Waals surface area (Å²) in [6, 6.07) is 3.63. The molecule has 114 valence electrons. The van der Waals surface area contributed by atoms with E-state index < -0.39 is 10.2 Å². The maximum Gasteiger partial charge on any atom is 0.282 e. The highest BCUT2D eigenvalue weighted by atomic mass is 35.5. The molecule has 0 radical (unpaired) electrons. The van der Waals surface area contributed by atoms with Crippen LogP contribution in [0.4, 0.5) is 0 Å². The standard InChI is InChI=1S/C13H21ClN2O2S2/c1-4-6-10-15(3)20(17,18)16(9-5-2)11-12-7-8-13(14)19-12/h5,7-8H,2,4,6,9-11H2,1,3H3. The molecule has 0 saturated heterocycles. The molecule has 1 rings (SSSR count). The van der Waals surface area contributed by atoms with Crippen molar-refractivity contribution in [2.45, 2.75) is 26.3 Å². The summed E-state index contributed by atoms with van der Waals surface area (Å²) in [5, 5.41) is 0. The smallest absolute Gasteiger partial charge is 0.195 e. The Labute approximate surface area is 130 Å². The normalized spacial score (nSPS) is 12.2. The summed E-state index contributed by atoms with van der Waals surface area (Å²) in [5.41, 5.74) is 0. The van der Waals surface area contributed by atoms with Crippen molar-refractivity contribution in [2.24, 2.45) is 0 Å².